The molecule has 5 nitrogen and oxygen atoms in total. The molecule has 0 bridgehead atoms. The Hall–Kier alpha value is -2.17. The van der Waals surface area contributed by atoms with Crippen LogP contribution in [0.5, 0.6) is 0 Å². The van der Waals surface area contributed by atoms with E-state index in [2.05, 4.69) is 10.4 Å². The smallest absolute Gasteiger partial charge is 0.274 e. The number of nitrogens with zero attached hydrogens (tertiary/aromatic N) is 2. The fourth-order valence-electron chi connectivity index (χ4n) is 2.05. The molecule has 1 aromatic carbocycles. The Balaban J connectivity index is 2.66. The molecule has 106 valence electrons. The van der Waals surface area contributed by atoms with E-state index in [1.165, 1.54) is 4.68 Å². The van der Waals surface area contributed by atoms with E-state index in [4.69, 9.17) is 0 Å². The number of rotatable bonds is 4. The predicted octanol–water partition coefficient (Wildman–Crippen LogP) is 2.12. The molecule has 0 aliphatic carbocycles. The molecule has 0 unspecified atom stereocenters. The molecule has 0 saturated carbocycles. The maximum absolute atomic E-state index is 12.3. The molecule has 0 aliphatic heterocycles. The monoisotopic (exact) mass is 273 g/mol. The third kappa shape index (κ3) is 2.57. The van der Waals surface area contributed by atoms with Crippen LogP contribution in [0.2, 0.25) is 0 Å². The van der Waals surface area contributed by atoms with E-state index in [9.17, 15) is 9.59 Å². The van der Waals surface area contributed by atoms with Crippen LogP contribution in [0.4, 0.5) is 0 Å². The molecule has 0 radical (unpaired) electrons. The van der Waals surface area contributed by atoms with Crippen molar-refractivity contribution in [3.63, 3.8) is 0 Å². The van der Waals surface area contributed by atoms with Gasteiger partial charge in [-0.1, -0.05) is 25.1 Å². The summed E-state index contributed by atoms with van der Waals surface area (Å²) in [5, 5.41) is 8.18. The highest BCUT2D eigenvalue weighted by atomic mass is 16.2. The number of amides is 1. The Morgan fingerprint density at radius 3 is 2.55 bits per heavy atom. The van der Waals surface area contributed by atoms with Crippen molar-refractivity contribution < 1.29 is 4.79 Å². The highest BCUT2D eigenvalue weighted by molar-refractivity contribution is 6.04. The van der Waals surface area contributed by atoms with E-state index in [0.29, 0.717) is 23.0 Å². The Kier molecular flexibility index (Phi) is 4.17. The number of nitrogens with one attached hydrogen (secondary N) is 1. The summed E-state index contributed by atoms with van der Waals surface area (Å²) in [6, 6.07) is 7.00. The van der Waals surface area contributed by atoms with Gasteiger partial charge < -0.3 is 5.32 Å². The molecule has 0 spiro atoms. The minimum Gasteiger partial charge on any atom is -0.351 e. The quantitative estimate of drug-likeness (QED) is 0.928. The second-order valence-electron chi connectivity index (χ2n) is 4.99. The molecule has 1 amide bonds. The molecular formula is C15H19N3O2. The van der Waals surface area contributed by atoms with Crippen molar-refractivity contribution in [2.75, 3.05) is 6.54 Å². The SMILES string of the molecule is CCCNC(=O)c1nn(C(C)C)c(=O)c2ccccc12. The van der Waals surface area contributed by atoms with Crippen molar-refractivity contribution >= 4 is 16.7 Å². The zero-order valence-electron chi connectivity index (χ0n) is 12.0. The summed E-state index contributed by atoms with van der Waals surface area (Å²) < 4.78 is 1.36. The van der Waals surface area contributed by atoms with E-state index in [1.807, 2.05) is 20.8 Å². The third-order valence-electron chi connectivity index (χ3n) is 3.07. The Morgan fingerprint density at radius 2 is 1.95 bits per heavy atom. The average Bonchev–Trinajstić information content (AvgIpc) is 2.45. The maximum atomic E-state index is 12.3. The van der Waals surface area contributed by atoms with Gasteiger partial charge in [0.15, 0.2) is 5.69 Å². The molecule has 1 aromatic heterocycles. The van der Waals surface area contributed by atoms with Gasteiger partial charge in [-0.05, 0) is 26.3 Å². The molecule has 1 N–H and O–H groups in total. The molecular weight excluding hydrogens is 254 g/mol. The minimum absolute atomic E-state index is 0.0927. The predicted molar refractivity (Wildman–Crippen MR) is 79.0 cm³/mol. The summed E-state index contributed by atoms with van der Waals surface area (Å²) in [6.07, 6.45) is 0.855. The van der Waals surface area contributed by atoms with Gasteiger partial charge in [0.1, 0.15) is 0 Å². The van der Waals surface area contributed by atoms with Gasteiger partial charge in [-0.3, -0.25) is 9.59 Å². The number of carbonyl (C=O) groups excluding carboxylic acids is 1. The number of benzene rings is 1. The van der Waals surface area contributed by atoms with Gasteiger partial charge in [0.05, 0.1) is 11.4 Å². The first-order chi connectivity index (χ1) is 9.56. The van der Waals surface area contributed by atoms with Crippen molar-refractivity contribution in [3.05, 3.63) is 40.3 Å². The third-order valence-corrected chi connectivity index (χ3v) is 3.07. The second kappa shape index (κ2) is 5.86. The number of aromatic nitrogens is 2. The Morgan fingerprint density at radius 1 is 1.30 bits per heavy atom. The summed E-state index contributed by atoms with van der Waals surface area (Å²) in [5.41, 5.74) is 0.144. The largest absolute Gasteiger partial charge is 0.351 e. The van der Waals surface area contributed by atoms with Crippen molar-refractivity contribution in [3.8, 4) is 0 Å². The highest BCUT2D eigenvalue weighted by Gasteiger charge is 2.17. The van der Waals surface area contributed by atoms with Crippen molar-refractivity contribution in [1.82, 2.24) is 15.1 Å². The summed E-state index contributed by atoms with van der Waals surface area (Å²) >= 11 is 0. The fraction of sp³-hybridized carbons (Fsp3) is 0.400. The standard InChI is InChI=1S/C15H19N3O2/c1-4-9-16-14(19)13-11-7-5-6-8-12(11)15(20)18(17-13)10(2)3/h5-8,10H,4,9H2,1-3H3,(H,16,19). The van der Waals surface area contributed by atoms with Gasteiger partial charge in [0.25, 0.3) is 11.5 Å². The van der Waals surface area contributed by atoms with Gasteiger partial charge in [-0.2, -0.15) is 5.10 Å². The lowest BCUT2D eigenvalue weighted by Gasteiger charge is -2.13. The first-order valence-corrected chi connectivity index (χ1v) is 6.86. The van der Waals surface area contributed by atoms with Crippen LogP contribution in [-0.2, 0) is 0 Å². The molecule has 5 heteroatoms. The van der Waals surface area contributed by atoms with Crippen molar-refractivity contribution in [1.29, 1.82) is 0 Å². The number of hydrogen-bond donors (Lipinski definition) is 1. The van der Waals surface area contributed by atoms with Gasteiger partial charge in [-0.15, -0.1) is 0 Å². The lowest BCUT2D eigenvalue weighted by atomic mass is 10.1. The number of carbonyl (C=O) groups is 1. The fourth-order valence-corrected chi connectivity index (χ4v) is 2.05. The molecule has 0 atom stereocenters. The molecule has 0 fully saturated rings. The molecule has 1 heterocycles. The Bertz CT molecular complexity index is 689. The zero-order valence-corrected chi connectivity index (χ0v) is 12.0. The summed E-state index contributed by atoms with van der Waals surface area (Å²) in [4.78, 5) is 24.5. The van der Waals surface area contributed by atoms with Crippen LogP contribution in [-0.4, -0.2) is 22.2 Å². The topological polar surface area (TPSA) is 64.0 Å². The van der Waals surface area contributed by atoms with Crippen LogP contribution in [0.3, 0.4) is 0 Å². The van der Waals surface area contributed by atoms with E-state index < -0.39 is 0 Å². The highest BCUT2D eigenvalue weighted by Crippen LogP contribution is 2.14. The van der Waals surface area contributed by atoms with Crippen molar-refractivity contribution in [2.45, 2.75) is 33.2 Å². The van der Waals surface area contributed by atoms with E-state index in [1.54, 1.807) is 24.3 Å². The normalized spacial score (nSPS) is 11.0. The van der Waals surface area contributed by atoms with Crippen LogP contribution < -0.4 is 10.9 Å². The molecule has 2 aromatic rings. The van der Waals surface area contributed by atoms with Crippen LogP contribution >= 0.6 is 0 Å². The van der Waals surface area contributed by atoms with Gasteiger partial charge in [-0.25, -0.2) is 4.68 Å². The molecule has 0 saturated heterocycles. The molecule has 20 heavy (non-hydrogen) atoms. The van der Waals surface area contributed by atoms with Gasteiger partial charge in [0.2, 0.25) is 0 Å². The van der Waals surface area contributed by atoms with Crippen LogP contribution in [0, 0.1) is 0 Å². The maximum Gasteiger partial charge on any atom is 0.274 e. The lowest BCUT2D eigenvalue weighted by molar-refractivity contribution is 0.0948. The first-order valence-electron chi connectivity index (χ1n) is 6.86. The van der Waals surface area contributed by atoms with Gasteiger partial charge >= 0.3 is 0 Å². The van der Waals surface area contributed by atoms with Crippen molar-refractivity contribution in [2.24, 2.45) is 0 Å². The van der Waals surface area contributed by atoms with Gasteiger partial charge in [0, 0.05) is 11.9 Å². The van der Waals surface area contributed by atoms with Crippen LogP contribution in [0.1, 0.15) is 43.7 Å². The summed E-state index contributed by atoms with van der Waals surface area (Å²) in [7, 11) is 0. The average molecular weight is 273 g/mol. The Labute approximate surface area is 117 Å². The molecule has 0 aliphatic rings. The van der Waals surface area contributed by atoms with E-state index in [0.717, 1.165) is 6.42 Å². The van der Waals surface area contributed by atoms with E-state index >= 15 is 0 Å². The number of fused-ring (bicyclic) bond motifs is 1. The molecule has 2 rings (SSSR count). The van der Waals surface area contributed by atoms with Crippen LogP contribution in [0.15, 0.2) is 29.1 Å². The number of hydrogen-bond acceptors (Lipinski definition) is 3. The minimum atomic E-state index is -0.238. The first kappa shape index (κ1) is 14.2. The summed E-state index contributed by atoms with van der Waals surface area (Å²) in [6.45, 7) is 6.32. The van der Waals surface area contributed by atoms with Crippen LogP contribution in [0.25, 0.3) is 10.8 Å². The summed E-state index contributed by atoms with van der Waals surface area (Å²) in [5.74, 6) is -0.238. The zero-order chi connectivity index (χ0) is 14.7. The second-order valence-corrected chi connectivity index (χ2v) is 4.99. The lowest BCUT2D eigenvalue weighted by Crippen LogP contribution is -2.31. The van der Waals surface area contributed by atoms with E-state index in [-0.39, 0.29) is 17.5 Å².